The Morgan fingerprint density at radius 1 is 1.39 bits per heavy atom. The van der Waals surface area contributed by atoms with Gasteiger partial charge in [0.15, 0.2) is 0 Å². The van der Waals surface area contributed by atoms with Gasteiger partial charge in [-0.05, 0) is 6.07 Å². The zero-order valence-corrected chi connectivity index (χ0v) is 9.81. The molecule has 1 aliphatic rings. The van der Waals surface area contributed by atoms with Crippen molar-refractivity contribution in [3.8, 4) is 5.75 Å². The van der Waals surface area contributed by atoms with E-state index in [1.54, 1.807) is 0 Å². The number of ether oxygens (including phenoxy) is 1. The van der Waals surface area contributed by atoms with Gasteiger partial charge < -0.3 is 15.8 Å². The zero-order valence-electron chi connectivity index (χ0n) is 9.81. The lowest BCUT2D eigenvalue weighted by atomic mass is 10.0. The van der Waals surface area contributed by atoms with Crippen molar-refractivity contribution >= 4 is 11.9 Å². The normalized spacial score (nSPS) is 17.4. The smallest absolute Gasteiger partial charge is 0.318 e. The number of imide groups is 1. The van der Waals surface area contributed by atoms with Crippen LogP contribution in [0.4, 0.5) is 4.79 Å². The van der Waals surface area contributed by atoms with Gasteiger partial charge in [-0.15, -0.1) is 0 Å². The summed E-state index contributed by atoms with van der Waals surface area (Å²) in [6.45, 7) is 0.647. The monoisotopic (exact) mass is 249 g/mol. The Bertz CT molecular complexity index is 462. The number of nitrogens with two attached hydrogens (primary N) is 1. The lowest BCUT2D eigenvalue weighted by molar-refractivity contribution is -0.119. The molecule has 1 aliphatic heterocycles. The quantitative estimate of drug-likeness (QED) is 0.718. The van der Waals surface area contributed by atoms with Gasteiger partial charge in [-0.2, -0.15) is 0 Å². The van der Waals surface area contributed by atoms with Crippen molar-refractivity contribution in [3.63, 3.8) is 0 Å². The number of fused-ring (bicyclic) bond motifs is 1. The molecule has 18 heavy (non-hydrogen) atoms. The average molecular weight is 249 g/mol. The molecule has 1 aromatic rings. The SMILES string of the molecule is NC(=O)NC(=O)CNC1CCOc2ccccc21. The maximum Gasteiger partial charge on any atom is 0.318 e. The minimum Gasteiger partial charge on any atom is -0.493 e. The minimum absolute atomic E-state index is 0.0436. The molecular weight excluding hydrogens is 234 g/mol. The lowest BCUT2D eigenvalue weighted by Crippen LogP contribution is -2.42. The van der Waals surface area contributed by atoms with Crippen LogP contribution >= 0.6 is 0 Å². The molecule has 0 bridgehead atoms. The Labute approximate surface area is 104 Å². The second-order valence-electron chi connectivity index (χ2n) is 4.02. The first-order valence-electron chi connectivity index (χ1n) is 5.71. The molecule has 1 atom stereocenters. The van der Waals surface area contributed by atoms with E-state index in [0.29, 0.717) is 6.61 Å². The average Bonchev–Trinajstić information content (AvgIpc) is 2.35. The number of amides is 3. The van der Waals surface area contributed by atoms with Gasteiger partial charge in [0.25, 0.3) is 0 Å². The highest BCUT2D eigenvalue weighted by Crippen LogP contribution is 2.31. The summed E-state index contributed by atoms with van der Waals surface area (Å²) < 4.78 is 5.51. The molecule has 0 spiro atoms. The lowest BCUT2D eigenvalue weighted by Gasteiger charge is -2.26. The van der Waals surface area contributed by atoms with Crippen molar-refractivity contribution in [1.82, 2.24) is 10.6 Å². The minimum atomic E-state index is -0.839. The van der Waals surface area contributed by atoms with E-state index in [-0.39, 0.29) is 12.6 Å². The molecule has 96 valence electrons. The van der Waals surface area contributed by atoms with Crippen molar-refractivity contribution < 1.29 is 14.3 Å². The van der Waals surface area contributed by atoms with Gasteiger partial charge in [0.05, 0.1) is 13.2 Å². The van der Waals surface area contributed by atoms with Crippen LogP contribution in [0.2, 0.25) is 0 Å². The molecule has 0 saturated carbocycles. The highest BCUT2D eigenvalue weighted by molar-refractivity contribution is 5.94. The second-order valence-corrected chi connectivity index (χ2v) is 4.02. The number of rotatable bonds is 3. The summed E-state index contributed by atoms with van der Waals surface area (Å²) in [5.74, 6) is 0.392. The summed E-state index contributed by atoms with van der Waals surface area (Å²) in [5.41, 5.74) is 5.88. The number of primary amides is 1. The van der Waals surface area contributed by atoms with Crippen molar-refractivity contribution in [1.29, 1.82) is 0 Å². The van der Waals surface area contributed by atoms with Crippen LogP contribution in [-0.4, -0.2) is 25.1 Å². The molecule has 1 unspecified atom stereocenters. The highest BCUT2D eigenvalue weighted by Gasteiger charge is 2.21. The molecule has 0 radical (unpaired) electrons. The summed E-state index contributed by atoms with van der Waals surface area (Å²) in [7, 11) is 0. The summed E-state index contributed by atoms with van der Waals surface area (Å²) in [5, 5.41) is 5.10. The van der Waals surface area contributed by atoms with Crippen LogP contribution in [0.1, 0.15) is 18.0 Å². The fraction of sp³-hybridized carbons (Fsp3) is 0.333. The summed E-state index contributed by atoms with van der Waals surface area (Å²) in [6.07, 6.45) is 0.779. The van der Waals surface area contributed by atoms with Crippen molar-refractivity contribution in [2.24, 2.45) is 5.73 Å². The third kappa shape index (κ3) is 2.98. The molecule has 0 aliphatic carbocycles. The van der Waals surface area contributed by atoms with Crippen LogP contribution in [0.25, 0.3) is 0 Å². The van der Waals surface area contributed by atoms with Gasteiger partial charge in [0, 0.05) is 18.0 Å². The maximum absolute atomic E-state index is 11.3. The molecule has 1 aromatic carbocycles. The van der Waals surface area contributed by atoms with Crippen LogP contribution in [0.3, 0.4) is 0 Å². The van der Waals surface area contributed by atoms with E-state index in [0.717, 1.165) is 17.7 Å². The topological polar surface area (TPSA) is 93.5 Å². The van der Waals surface area contributed by atoms with Gasteiger partial charge in [-0.3, -0.25) is 10.1 Å². The molecule has 1 heterocycles. The first kappa shape index (κ1) is 12.4. The third-order valence-corrected chi connectivity index (χ3v) is 2.73. The first-order chi connectivity index (χ1) is 8.66. The van der Waals surface area contributed by atoms with Gasteiger partial charge >= 0.3 is 6.03 Å². The Morgan fingerprint density at radius 2 is 2.17 bits per heavy atom. The molecule has 0 fully saturated rings. The molecule has 0 saturated heterocycles. The summed E-state index contributed by atoms with van der Waals surface area (Å²) in [6, 6.07) is 6.89. The van der Waals surface area contributed by atoms with Crippen LogP contribution in [-0.2, 0) is 4.79 Å². The summed E-state index contributed by atoms with van der Waals surface area (Å²) >= 11 is 0. The number of nitrogens with one attached hydrogen (secondary N) is 2. The standard InChI is InChI=1S/C12H15N3O3/c13-12(17)15-11(16)7-14-9-5-6-18-10-4-2-1-3-8(9)10/h1-4,9,14H,5-7H2,(H3,13,15,16,17). The van der Waals surface area contributed by atoms with Gasteiger partial charge in [-0.1, -0.05) is 18.2 Å². The van der Waals surface area contributed by atoms with Crippen LogP contribution in [0.5, 0.6) is 5.75 Å². The number of hydrogen-bond acceptors (Lipinski definition) is 4. The van der Waals surface area contributed by atoms with Gasteiger partial charge in [-0.25, -0.2) is 4.79 Å². The van der Waals surface area contributed by atoms with Crippen LogP contribution in [0.15, 0.2) is 24.3 Å². The van der Waals surface area contributed by atoms with Gasteiger partial charge in [0.1, 0.15) is 5.75 Å². The van der Waals surface area contributed by atoms with Crippen molar-refractivity contribution in [2.45, 2.75) is 12.5 Å². The second kappa shape index (κ2) is 5.50. The Kier molecular flexibility index (Phi) is 3.78. The van der Waals surface area contributed by atoms with Crippen molar-refractivity contribution in [2.75, 3.05) is 13.2 Å². The molecule has 0 aromatic heterocycles. The molecule has 4 N–H and O–H groups in total. The van der Waals surface area contributed by atoms with E-state index in [4.69, 9.17) is 10.5 Å². The number of benzene rings is 1. The summed E-state index contributed by atoms with van der Waals surface area (Å²) in [4.78, 5) is 21.8. The predicted molar refractivity (Wildman–Crippen MR) is 65.0 cm³/mol. The third-order valence-electron chi connectivity index (χ3n) is 2.73. The maximum atomic E-state index is 11.3. The number of carbonyl (C=O) groups excluding carboxylic acids is 2. The zero-order chi connectivity index (χ0) is 13.0. The van der Waals surface area contributed by atoms with Crippen molar-refractivity contribution in [3.05, 3.63) is 29.8 Å². The van der Waals surface area contributed by atoms with E-state index in [2.05, 4.69) is 5.32 Å². The van der Waals surface area contributed by atoms with E-state index in [1.165, 1.54) is 0 Å². The molecule has 6 nitrogen and oxygen atoms in total. The van der Waals surface area contributed by atoms with E-state index in [1.807, 2.05) is 29.6 Å². The molecule has 2 rings (SSSR count). The van der Waals surface area contributed by atoms with E-state index < -0.39 is 11.9 Å². The van der Waals surface area contributed by atoms with Gasteiger partial charge in [0.2, 0.25) is 5.91 Å². The number of carbonyl (C=O) groups is 2. The number of para-hydroxylation sites is 1. The fourth-order valence-corrected chi connectivity index (χ4v) is 1.95. The molecule has 3 amide bonds. The predicted octanol–water partition coefficient (Wildman–Crippen LogP) is 0.295. The number of hydrogen-bond donors (Lipinski definition) is 3. The van der Waals surface area contributed by atoms with E-state index in [9.17, 15) is 9.59 Å². The fourth-order valence-electron chi connectivity index (χ4n) is 1.95. The Balaban J connectivity index is 1.95. The van der Waals surface area contributed by atoms with Crippen LogP contribution in [0, 0.1) is 0 Å². The first-order valence-corrected chi connectivity index (χ1v) is 5.71. The Morgan fingerprint density at radius 3 is 2.94 bits per heavy atom. The largest absolute Gasteiger partial charge is 0.493 e. The molecule has 6 heteroatoms. The number of urea groups is 1. The van der Waals surface area contributed by atoms with Crippen LogP contribution < -0.4 is 21.1 Å². The highest BCUT2D eigenvalue weighted by atomic mass is 16.5. The van der Waals surface area contributed by atoms with E-state index >= 15 is 0 Å². The molecular formula is C12H15N3O3. The Hall–Kier alpha value is -2.08.